The number of carbonyl (C=O) groups excluding carboxylic acids is 1. The van der Waals surface area contributed by atoms with E-state index >= 15 is 0 Å². The first-order valence-electron chi connectivity index (χ1n) is 4.83. The molecule has 0 unspecified atom stereocenters. The SMILES string of the molecule is CCN(CC(=O)COC)CC(C)C. The molecule has 0 saturated carbocycles. The van der Waals surface area contributed by atoms with E-state index in [9.17, 15) is 4.79 Å². The molecule has 0 rings (SSSR count). The zero-order valence-corrected chi connectivity index (χ0v) is 9.17. The lowest BCUT2D eigenvalue weighted by atomic mass is 10.2. The van der Waals surface area contributed by atoms with Gasteiger partial charge in [-0.15, -0.1) is 0 Å². The molecule has 0 aromatic heterocycles. The molecule has 78 valence electrons. The molecular formula is C10H21NO2. The third-order valence-electron chi connectivity index (χ3n) is 1.78. The number of ketones is 1. The van der Waals surface area contributed by atoms with Gasteiger partial charge in [0.2, 0.25) is 0 Å². The predicted molar refractivity (Wildman–Crippen MR) is 53.8 cm³/mol. The summed E-state index contributed by atoms with van der Waals surface area (Å²) in [4.78, 5) is 13.4. The minimum atomic E-state index is 0.157. The summed E-state index contributed by atoms with van der Waals surface area (Å²) >= 11 is 0. The first kappa shape index (κ1) is 12.6. The van der Waals surface area contributed by atoms with Gasteiger partial charge in [-0.1, -0.05) is 20.8 Å². The Bertz CT molecular complexity index is 146. The van der Waals surface area contributed by atoms with E-state index in [1.807, 2.05) is 0 Å². The molecule has 0 radical (unpaired) electrons. The molecule has 13 heavy (non-hydrogen) atoms. The number of rotatable bonds is 7. The fraction of sp³-hybridized carbons (Fsp3) is 0.900. The molecule has 0 bridgehead atoms. The third-order valence-corrected chi connectivity index (χ3v) is 1.78. The van der Waals surface area contributed by atoms with Gasteiger partial charge in [-0.25, -0.2) is 0 Å². The van der Waals surface area contributed by atoms with Crippen molar-refractivity contribution in [2.75, 3.05) is 33.4 Å². The van der Waals surface area contributed by atoms with Crippen LogP contribution in [0.25, 0.3) is 0 Å². The molecule has 0 spiro atoms. The molecular weight excluding hydrogens is 166 g/mol. The Balaban J connectivity index is 3.76. The van der Waals surface area contributed by atoms with Crippen molar-refractivity contribution in [1.82, 2.24) is 4.90 Å². The van der Waals surface area contributed by atoms with Crippen LogP contribution in [0.2, 0.25) is 0 Å². The Morgan fingerprint density at radius 3 is 2.46 bits per heavy atom. The van der Waals surface area contributed by atoms with E-state index in [1.54, 1.807) is 7.11 Å². The lowest BCUT2D eigenvalue weighted by Crippen LogP contribution is -2.34. The van der Waals surface area contributed by atoms with Crippen molar-refractivity contribution in [3.63, 3.8) is 0 Å². The lowest BCUT2D eigenvalue weighted by Gasteiger charge is -2.21. The minimum absolute atomic E-state index is 0.157. The Labute approximate surface area is 81.1 Å². The van der Waals surface area contributed by atoms with Gasteiger partial charge in [-0.3, -0.25) is 9.69 Å². The van der Waals surface area contributed by atoms with Crippen molar-refractivity contribution in [1.29, 1.82) is 0 Å². The van der Waals surface area contributed by atoms with Crippen LogP contribution >= 0.6 is 0 Å². The Hall–Kier alpha value is -0.410. The highest BCUT2D eigenvalue weighted by Gasteiger charge is 2.09. The molecule has 0 amide bonds. The molecule has 0 N–H and O–H groups in total. The van der Waals surface area contributed by atoms with Gasteiger partial charge in [0.1, 0.15) is 6.61 Å². The highest BCUT2D eigenvalue weighted by Crippen LogP contribution is 1.98. The quantitative estimate of drug-likeness (QED) is 0.599. The molecule has 0 aliphatic heterocycles. The molecule has 0 aliphatic rings. The van der Waals surface area contributed by atoms with Crippen molar-refractivity contribution in [3.8, 4) is 0 Å². The van der Waals surface area contributed by atoms with Crippen LogP contribution < -0.4 is 0 Å². The number of Topliss-reactive ketones (excluding diaryl/α,β-unsaturated/α-hetero) is 1. The molecule has 0 aromatic rings. The summed E-state index contributed by atoms with van der Waals surface area (Å²) in [6.45, 7) is 9.03. The van der Waals surface area contributed by atoms with Crippen molar-refractivity contribution in [2.24, 2.45) is 5.92 Å². The number of nitrogens with zero attached hydrogens (tertiary/aromatic N) is 1. The van der Waals surface area contributed by atoms with E-state index in [4.69, 9.17) is 4.74 Å². The second-order valence-corrected chi connectivity index (χ2v) is 3.69. The monoisotopic (exact) mass is 187 g/mol. The maximum atomic E-state index is 11.2. The summed E-state index contributed by atoms with van der Waals surface area (Å²) in [5.41, 5.74) is 0. The predicted octanol–water partition coefficient (Wildman–Crippen LogP) is 1.18. The molecule has 3 nitrogen and oxygen atoms in total. The molecule has 3 heteroatoms. The molecule has 0 aliphatic carbocycles. The molecule has 0 atom stereocenters. The largest absolute Gasteiger partial charge is 0.377 e. The van der Waals surface area contributed by atoms with Crippen LogP contribution in [0.3, 0.4) is 0 Å². The molecule has 0 saturated heterocycles. The maximum Gasteiger partial charge on any atom is 0.172 e. The maximum absolute atomic E-state index is 11.2. The van der Waals surface area contributed by atoms with E-state index in [0.717, 1.165) is 13.1 Å². The van der Waals surface area contributed by atoms with Gasteiger partial charge in [0.15, 0.2) is 5.78 Å². The normalized spacial score (nSPS) is 11.2. The Kier molecular flexibility index (Phi) is 6.82. The van der Waals surface area contributed by atoms with Crippen LogP contribution in [0.4, 0.5) is 0 Å². The van der Waals surface area contributed by atoms with Crippen LogP contribution in [-0.2, 0) is 9.53 Å². The van der Waals surface area contributed by atoms with E-state index in [-0.39, 0.29) is 12.4 Å². The highest BCUT2D eigenvalue weighted by molar-refractivity contribution is 5.81. The smallest absolute Gasteiger partial charge is 0.172 e. The van der Waals surface area contributed by atoms with E-state index in [1.165, 1.54) is 0 Å². The number of ether oxygens (including phenoxy) is 1. The highest BCUT2D eigenvalue weighted by atomic mass is 16.5. The summed E-state index contributed by atoms with van der Waals surface area (Å²) in [6, 6.07) is 0. The summed E-state index contributed by atoms with van der Waals surface area (Å²) in [6.07, 6.45) is 0. The molecule has 0 fully saturated rings. The first-order chi connectivity index (χ1) is 6.10. The van der Waals surface area contributed by atoms with E-state index < -0.39 is 0 Å². The summed E-state index contributed by atoms with van der Waals surface area (Å²) in [7, 11) is 1.55. The van der Waals surface area contributed by atoms with Crippen molar-refractivity contribution in [3.05, 3.63) is 0 Å². The fourth-order valence-electron chi connectivity index (χ4n) is 1.28. The van der Waals surface area contributed by atoms with Crippen molar-refractivity contribution < 1.29 is 9.53 Å². The molecule has 0 aromatic carbocycles. The lowest BCUT2D eigenvalue weighted by molar-refractivity contribution is -0.123. The third kappa shape index (κ3) is 6.72. The van der Waals surface area contributed by atoms with Gasteiger partial charge < -0.3 is 4.74 Å². The van der Waals surface area contributed by atoms with Crippen LogP contribution in [0.15, 0.2) is 0 Å². The fourth-order valence-corrected chi connectivity index (χ4v) is 1.28. The zero-order valence-electron chi connectivity index (χ0n) is 9.17. The van der Waals surface area contributed by atoms with E-state index in [2.05, 4.69) is 25.7 Å². The van der Waals surface area contributed by atoms with Gasteiger partial charge >= 0.3 is 0 Å². The topological polar surface area (TPSA) is 29.5 Å². The Morgan fingerprint density at radius 2 is 2.08 bits per heavy atom. The summed E-state index contributed by atoms with van der Waals surface area (Å²) in [5.74, 6) is 0.764. The average molecular weight is 187 g/mol. The Morgan fingerprint density at radius 1 is 1.46 bits per heavy atom. The minimum Gasteiger partial charge on any atom is -0.377 e. The van der Waals surface area contributed by atoms with Crippen molar-refractivity contribution in [2.45, 2.75) is 20.8 Å². The van der Waals surface area contributed by atoms with Crippen LogP contribution in [0.5, 0.6) is 0 Å². The first-order valence-corrected chi connectivity index (χ1v) is 4.83. The summed E-state index contributed by atoms with van der Waals surface area (Å²) in [5, 5.41) is 0. The standard InChI is InChI=1S/C10H21NO2/c1-5-11(6-9(2)3)7-10(12)8-13-4/h9H,5-8H2,1-4H3. The van der Waals surface area contributed by atoms with E-state index in [0.29, 0.717) is 12.5 Å². The second-order valence-electron chi connectivity index (χ2n) is 3.69. The van der Waals surface area contributed by atoms with Crippen LogP contribution in [-0.4, -0.2) is 44.0 Å². The summed E-state index contributed by atoms with van der Waals surface area (Å²) < 4.78 is 4.78. The number of carbonyl (C=O) groups is 1. The number of hydrogen-bond acceptors (Lipinski definition) is 3. The second kappa shape index (κ2) is 7.04. The van der Waals surface area contributed by atoms with Crippen LogP contribution in [0.1, 0.15) is 20.8 Å². The number of likely N-dealkylation sites (N-methyl/N-ethyl adjacent to an activating group) is 1. The van der Waals surface area contributed by atoms with Gasteiger partial charge in [-0.2, -0.15) is 0 Å². The number of methoxy groups -OCH3 is 1. The van der Waals surface area contributed by atoms with Crippen LogP contribution in [0, 0.1) is 5.92 Å². The van der Waals surface area contributed by atoms with Gasteiger partial charge in [0, 0.05) is 13.7 Å². The number of hydrogen-bond donors (Lipinski definition) is 0. The molecule has 0 heterocycles. The zero-order chi connectivity index (χ0) is 10.3. The van der Waals surface area contributed by atoms with Crippen molar-refractivity contribution >= 4 is 5.78 Å². The average Bonchev–Trinajstić information content (AvgIpc) is 2.02. The van der Waals surface area contributed by atoms with Gasteiger partial charge in [-0.05, 0) is 12.5 Å². The van der Waals surface area contributed by atoms with Gasteiger partial charge in [0.05, 0.1) is 6.54 Å². The van der Waals surface area contributed by atoms with Gasteiger partial charge in [0.25, 0.3) is 0 Å².